The van der Waals surface area contributed by atoms with E-state index in [2.05, 4.69) is 5.32 Å². The number of nitrogens with one attached hydrogen (secondary N) is 1. The molecule has 1 aromatic carbocycles. The van der Waals surface area contributed by atoms with Crippen molar-refractivity contribution in [3.63, 3.8) is 0 Å². The Labute approximate surface area is 146 Å². The van der Waals surface area contributed by atoms with Gasteiger partial charge in [0.2, 0.25) is 0 Å². The smallest absolute Gasteiger partial charge is 0.256 e. The van der Waals surface area contributed by atoms with E-state index in [1.807, 2.05) is 58.0 Å². The van der Waals surface area contributed by atoms with Crippen molar-refractivity contribution in [2.75, 3.05) is 5.32 Å². The van der Waals surface area contributed by atoms with Crippen molar-refractivity contribution in [2.45, 2.75) is 70.0 Å². The van der Waals surface area contributed by atoms with Crippen LogP contribution in [-0.4, -0.2) is 48.2 Å². The molecule has 7 heteroatoms. The summed E-state index contributed by atoms with van der Waals surface area (Å²) in [5.74, 6) is -1.93. The molecule has 3 aliphatic rings. The van der Waals surface area contributed by atoms with Crippen molar-refractivity contribution < 1.29 is 28.5 Å². The fraction of sp³-hybridized carbons (Fsp3) is 0.611. The first-order valence-corrected chi connectivity index (χ1v) is 8.47. The second-order valence-electron chi connectivity index (χ2n) is 7.45. The van der Waals surface area contributed by atoms with Crippen LogP contribution in [0.15, 0.2) is 30.3 Å². The normalized spacial score (nSPS) is 38.0. The number of hydrogen-bond donors (Lipinski definition) is 1. The van der Waals surface area contributed by atoms with E-state index in [1.54, 1.807) is 0 Å². The quantitative estimate of drug-likeness (QED) is 0.880. The summed E-state index contributed by atoms with van der Waals surface area (Å²) in [6.07, 6.45) is -2.99. The Morgan fingerprint density at radius 1 is 0.880 bits per heavy atom. The minimum atomic E-state index is -0.856. The van der Waals surface area contributed by atoms with Gasteiger partial charge < -0.3 is 29.0 Å². The van der Waals surface area contributed by atoms with Gasteiger partial charge in [-0.15, -0.1) is 0 Å². The van der Waals surface area contributed by atoms with Crippen LogP contribution in [-0.2, 0) is 28.5 Å². The number of fused-ring (bicyclic) bond motifs is 3. The van der Waals surface area contributed by atoms with Gasteiger partial charge in [0, 0.05) is 5.69 Å². The highest BCUT2D eigenvalue weighted by Crippen LogP contribution is 2.44. The molecule has 1 aromatic rings. The van der Waals surface area contributed by atoms with E-state index in [4.69, 9.17) is 23.7 Å². The molecule has 1 amide bonds. The van der Waals surface area contributed by atoms with Gasteiger partial charge in [-0.25, -0.2) is 0 Å². The number of benzene rings is 1. The second-order valence-corrected chi connectivity index (χ2v) is 7.45. The maximum absolute atomic E-state index is 12.8. The van der Waals surface area contributed by atoms with Crippen molar-refractivity contribution in [1.82, 2.24) is 0 Å². The van der Waals surface area contributed by atoms with Crippen LogP contribution in [0.5, 0.6) is 0 Å². The minimum Gasteiger partial charge on any atom is -0.342 e. The summed E-state index contributed by atoms with van der Waals surface area (Å²) in [6.45, 7) is 7.24. The standard InChI is InChI=1S/C18H23NO6/c1-17(2)22-11-12(23-17)14-16(25-18(3,4)24-14)21-13(11)15(20)19-10-8-6-5-7-9-10/h5-9,11-14,16H,1-4H3,(H,19,20)/t11-,12+,13+,14-,16-/m1/s1. The molecule has 4 rings (SSSR count). The predicted molar refractivity (Wildman–Crippen MR) is 87.6 cm³/mol. The van der Waals surface area contributed by atoms with Gasteiger partial charge in [-0.3, -0.25) is 4.79 Å². The molecule has 3 heterocycles. The molecule has 1 N–H and O–H groups in total. The van der Waals surface area contributed by atoms with E-state index in [0.717, 1.165) is 0 Å². The summed E-state index contributed by atoms with van der Waals surface area (Å²) >= 11 is 0. The molecular formula is C18H23NO6. The summed E-state index contributed by atoms with van der Waals surface area (Å²) in [5.41, 5.74) is 0.692. The number of hydrogen-bond acceptors (Lipinski definition) is 6. The number of para-hydroxylation sites is 1. The lowest BCUT2D eigenvalue weighted by Gasteiger charge is -2.36. The monoisotopic (exact) mass is 349 g/mol. The lowest BCUT2D eigenvalue weighted by molar-refractivity contribution is -0.229. The van der Waals surface area contributed by atoms with Gasteiger partial charge >= 0.3 is 0 Å². The highest BCUT2D eigenvalue weighted by molar-refractivity contribution is 5.94. The average molecular weight is 349 g/mol. The molecule has 0 aliphatic carbocycles. The highest BCUT2D eigenvalue weighted by atomic mass is 16.9. The third-order valence-corrected chi connectivity index (χ3v) is 4.45. The van der Waals surface area contributed by atoms with Crippen molar-refractivity contribution >= 4 is 11.6 Å². The molecule has 7 nitrogen and oxygen atoms in total. The maximum Gasteiger partial charge on any atom is 0.256 e. The van der Waals surface area contributed by atoms with Gasteiger partial charge in [0.05, 0.1) is 0 Å². The Morgan fingerprint density at radius 3 is 2.20 bits per heavy atom. The number of carbonyl (C=O) groups is 1. The lowest BCUT2D eigenvalue weighted by Crippen LogP contribution is -2.58. The number of ether oxygens (including phenoxy) is 5. The van der Waals surface area contributed by atoms with E-state index in [-0.39, 0.29) is 5.91 Å². The molecule has 25 heavy (non-hydrogen) atoms. The number of amides is 1. The summed E-state index contributed by atoms with van der Waals surface area (Å²) in [5, 5.41) is 2.86. The molecule has 3 saturated heterocycles. The molecule has 0 bridgehead atoms. The average Bonchev–Trinajstić information content (AvgIpc) is 3.01. The molecule has 3 aliphatic heterocycles. The Balaban J connectivity index is 1.58. The van der Waals surface area contributed by atoms with Crippen molar-refractivity contribution in [1.29, 1.82) is 0 Å². The first kappa shape index (κ1) is 16.9. The Bertz CT molecular complexity index is 661. The summed E-state index contributed by atoms with van der Waals surface area (Å²) in [7, 11) is 0. The third kappa shape index (κ3) is 3.18. The van der Waals surface area contributed by atoms with Crippen molar-refractivity contribution in [3.05, 3.63) is 30.3 Å². The van der Waals surface area contributed by atoms with Crippen LogP contribution in [0.25, 0.3) is 0 Å². The molecule has 0 radical (unpaired) electrons. The van der Waals surface area contributed by atoms with E-state index in [9.17, 15) is 4.79 Å². The van der Waals surface area contributed by atoms with Crippen LogP contribution in [0.4, 0.5) is 5.69 Å². The van der Waals surface area contributed by atoms with E-state index >= 15 is 0 Å². The van der Waals surface area contributed by atoms with E-state index in [0.29, 0.717) is 5.69 Å². The number of anilines is 1. The van der Waals surface area contributed by atoms with Crippen molar-refractivity contribution in [2.24, 2.45) is 0 Å². The molecule has 136 valence electrons. The predicted octanol–water partition coefficient (Wildman–Crippen LogP) is 2.02. The maximum atomic E-state index is 12.8. The summed E-state index contributed by atoms with van der Waals surface area (Å²) in [6, 6.07) is 9.22. The number of carbonyl (C=O) groups excluding carboxylic acids is 1. The third-order valence-electron chi connectivity index (χ3n) is 4.45. The van der Waals surface area contributed by atoms with Gasteiger partial charge in [-0.1, -0.05) is 18.2 Å². The fourth-order valence-electron chi connectivity index (χ4n) is 3.56. The van der Waals surface area contributed by atoms with Crippen LogP contribution >= 0.6 is 0 Å². The van der Waals surface area contributed by atoms with Gasteiger partial charge in [-0.05, 0) is 39.8 Å². The Morgan fingerprint density at radius 2 is 1.48 bits per heavy atom. The van der Waals surface area contributed by atoms with E-state index in [1.165, 1.54) is 0 Å². The molecule has 0 saturated carbocycles. The fourth-order valence-corrected chi connectivity index (χ4v) is 3.56. The lowest BCUT2D eigenvalue weighted by atomic mass is 9.98. The molecular weight excluding hydrogens is 326 g/mol. The minimum absolute atomic E-state index is 0.297. The second kappa shape index (κ2) is 5.75. The molecule has 0 unspecified atom stereocenters. The SMILES string of the molecule is CC1(C)O[C@H]2[C@@H](O1)[C@@H](C(=O)Nc1ccccc1)O[C@@H]1OC(C)(C)O[C@@H]12. The zero-order valence-corrected chi connectivity index (χ0v) is 14.7. The number of rotatable bonds is 2. The van der Waals surface area contributed by atoms with Gasteiger partial charge in [0.15, 0.2) is 24.0 Å². The molecule has 5 atom stereocenters. The Hall–Kier alpha value is -1.51. The van der Waals surface area contributed by atoms with Crippen LogP contribution < -0.4 is 5.32 Å². The molecule has 0 spiro atoms. The first-order chi connectivity index (χ1) is 11.7. The van der Waals surface area contributed by atoms with Crippen molar-refractivity contribution in [3.8, 4) is 0 Å². The van der Waals surface area contributed by atoms with Gasteiger partial charge in [0.1, 0.15) is 18.3 Å². The van der Waals surface area contributed by atoms with Crippen LogP contribution in [0.3, 0.4) is 0 Å². The highest BCUT2D eigenvalue weighted by Gasteiger charge is 2.62. The molecule has 3 fully saturated rings. The van der Waals surface area contributed by atoms with Gasteiger partial charge in [-0.2, -0.15) is 0 Å². The molecule has 0 aromatic heterocycles. The Kier molecular flexibility index (Phi) is 3.90. The van der Waals surface area contributed by atoms with Crippen LogP contribution in [0, 0.1) is 0 Å². The van der Waals surface area contributed by atoms with Crippen LogP contribution in [0.2, 0.25) is 0 Å². The summed E-state index contributed by atoms with van der Waals surface area (Å²) in [4.78, 5) is 12.8. The largest absolute Gasteiger partial charge is 0.342 e. The van der Waals surface area contributed by atoms with E-state index < -0.39 is 42.3 Å². The summed E-state index contributed by atoms with van der Waals surface area (Å²) < 4.78 is 29.6. The van der Waals surface area contributed by atoms with Gasteiger partial charge in [0.25, 0.3) is 5.91 Å². The zero-order valence-electron chi connectivity index (χ0n) is 14.7. The topological polar surface area (TPSA) is 75.3 Å². The zero-order chi connectivity index (χ0) is 17.8. The van der Waals surface area contributed by atoms with Crippen LogP contribution in [0.1, 0.15) is 27.7 Å². The first-order valence-electron chi connectivity index (χ1n) is 8.47.